The fourth-order valence-electron chi connectivity index (χ4n) is 1.08. The van der Waals surface area contributed by atoms with E-state index in [1.807, 2.05) is 0 Å². The molecule has 0 fully saturated rings. The Morgan fingerprint density at radius 1 is 1.41 bits per heavy atom. The SMILES string of the molecule is CC(C)(C)OC(=O)NCc1ccc(C(N)=O)s1. The number of ether oxygens (including phenoxy) is 1. The lowest BCUT2D eigenvalue weighted by Crippen LogP contribution is -2.31. The van der Waals surface area contributed by atoms with Crippen molar-refractivity contribution >= 4 is 23.3 Å². The van der Waals surface area contributed by atoms with E-state index in [0.29, 0.717) is 11.4 Å². The zero-order valence-corrected chi connectivity index (χ0v) is 10.9. The van der Waals surface area contributed by atoms with Crippen LogP contribution in [0, 0.1) is 0 Å². The minimum absolute atomic E-state index is 0.326. The molecule has 0 spiro atoms. The highest BCUT2D eigenvalue weighted by molar-refractivity contribution is 7.14. The molecule has 17 heavy (non-hydrogen) atoms. The van der Waals surface area contributed by atoms with E-state index in [1.54, 1.807) is 32.9 Å². The van der Waals surface area contributed by atoms with E-state index in [9.17, 15) is 9.59 Å². The van der Waals surface area contributed by atoms with Crippen LogP contribution < -0.4 is 11.1 Å². The van der Waals surface area contributed by atoms with E-state index in [4.69, 9.17) is 10.5 Å². The number of thiophene rings is 1. The first-order chi connectivity index (χ1) is 7.78. The van der Waals surface area contributed by atoms with Crippen LogP contribution in [0.25, 0.3) is 0 Å². The van der Waals surface area contributed by atoms with Crippen molar-refractivity contribution in [1.29, 1.82) is 0 Å². The Morgan fingerprint density at radius 3 is 2.53 bits per heavy atom. The number of hydrogen-bond acceptors (Lipinski definition) is 4. The van der Waals surface area contributed by atoms with Gasteiger partial charge in [-0.15, -0.1) is 11.3 Å². The van der Waals surface area contributed by atoms with Crippen LogP contribution in [-0.2, 0) is 11.3 Å². The maximum absolute atomic E-state index is 11.4. The van der Waals surface area contributed by atoms with E-state index in [1.165, 1.54) is 11.3 Å². The highest BCUT2D eigenvalue weighted by Crippen LogP contribution is 2.15. The van der Waals surface area contributed by atoms with Gasteiger partial charge in [0, 0.05) is 4.88 Å². The number of amides is 2. The van der Waals surface area contributed by atoms with Gasteiger partial charge in [-0.3, -0.25) is 4.79 Å². The number of primary amides is 1. The summed E-state index contributed by atoms with van der Waals surface area (Å²) in [5.74, 6) is -0.460. The van der Waals surface area contributed by atoms with Crippen LogP contribution in [0.3, 0.4) is 0 Å². The number of rotatable bonds is 3. The monoisotopic (exact) mass is 256 g/mol. The Kier molecular flexibility index (Phi) is 4.11. The minimum atomic E-state index is -0.516. The normalized spacial score (nSPS) is 11.0. The third-order valence-corrected chi connectivity index (χ3v) is 2.81. The van der Waals surface area contributed by atoms with Gasteiger partial charge in [0.25, 0.3) is 5.91 Å². The number of nitrogens with one attached hydrogen (secondary N) is 1. The fourth-order valence-corrected chi connectivity index (χ4v) is 1.88. The molecule has 0 aliphatic rings. The van der Waals surface area contributed by atoms with Crippen molar-refractivity contribution in [2.24, 2.45) is 5.73 Å². The molecule has 0 saturated heterocycles. The zero-order valence-electron chi connectivity index (χ0n) is 10.1. The number of alkyl carbamates (subject to hydrolysis) is 1. The second kappa shape index (κ2) is 5.18. The number of nitrogens with two attached hydrogens (primary N) is 1. The third kappa shape index (κ3) is 4.86. The summed E-state index contributed by atoms with van der Waals surface area (Å²) in [6.07, 6.45) is -0.480. The third-order valence-electron chi connectivity index (χ3n) is 1.71. The molecular formula is C11H16N2O3S. The molecule has 2 amide bonds. The summed E-state index contributed by atoms with van der Waals surface area (Å²) in [7, 11) is 0. The molecule has 1 aromatic rings. The Bertz CT molecular complexity index is 421. The van der Waals surface area contributed by atoms with Crippen LogP contribution in [0.15, 0.2) is 12.1 Å². The first kappa shape index (κ1) is 13.5. The summed E-state index contributed by atoms with van der Waals surface area (Å²) in [4.78, 5) is 23.5. The summed E-state index contributed by atoms with van der Waals surface area (Å²) < 4.78 is 5.08. The zero-order chi connectivity index (χ0) is 13.1. The Labute approximate surface area is 104 Å². The molecule has 3 N–H and O–H groups in total. The summed E-state index contributed by atoms with van der Waals surface area (Å²) in [6, 6.07) is 3.39. The lowest BCUT2D eigenvalue weighted by atomic mass is 10.2. The molecule has 6 heteroatoms. The molecule has 0 bridgehead atoms. The average Bonchev–Trinajstić information content (AvgIpc) is 2.60. The maximum atomic E-state index is 11.4. The quantitative estimate of drug-likeness (QED) is 0.866. The Hall–Kier alpha value is -1.56. The van der Waals surface area contributed by atoms with Gasteiger partial charge < -0.3 is 15.8 Å². The van der Waals surface area contributed by atoms with Gasteiger partial charge in [0.2, 0.25) is 0 Å². The van der Waals surface area contributed by atoms with Crippen LogP contribution >= 0.6 is 11.3 Å². The van der Waals surface area contributed by atoms with Gasteiger partial charge in [-0.1, -0.05) is 0 Å². The van der Waals surface area contributed by atoms with Crippen LogP contribution in [0.5, 0.6) is 0 Å². The molecule has 1 heterocycles. The molecule has 0 aliphatic heterocycles. The summed E-state index contributed by atoms with van der Waals surface area (Å²) in [6.45, 7) is 5.71. The van der Waals surface area contributed by atoms with Crippen molar-refractivity contribution in [3.63, 3.8) is 0 Å². The van der Waals surface area contributed by atoms with Crippen LogP contribution in [-0.4, -0.2) is 17.6 Å². The molecule has 1 rings (SSSR count). The van der Waals surface area contributed by atoms with Gasteiger partial charge in [0.1, 0.15) is 5.60 Å². The summed E-state index contributed by atoms with van der Waals surface area (Å²) >= 11 is 1.26. The van der Waals surface area contributed by atoms with E-state index >= 15 is 0 Å². The van der Waals surface area contributed by atoms with Gasteiger partial charge in [-0.05, 0) is 32.9 Å². The van der Waals surface area contributed by atoms with E-state index in [-0.39, 0.29) is 0 Å². The van der Waals surface area contributed by atoms with Crippen molar-refractivity contribution in [3.8, 4) is 0 Å². The molecule has 94 valence electrons. The van der Waals surface area contributed by atoms with Gasteiger partial charge in [-0.2, -0.15) is 0 Å². The predicted octanol–water partition coefficient (Wildman–Crippen LogP) is 1.87. The molecular weight excluding hydrogens is 240 g/mol. The highest BCUT2D eigenvalue weighted by Gasteiger charge is 2.16. The van der Waals surface area contributed by atoms with Crippen LogP contribution in [0.4, 0.5) is 4.79 Å². The van der Waals surface area contributed by atoms with Gasteiger partial charge >= 0.3 is 6.09 Å². The first-order valence-electron chi connectivity index (χ1n) is 5.13. The standard InChI is InChI=1S/C11H16N2O3S/c1-11(2,3)16-10(15)13-6-7-4-5-8(17-7)9(12)14/h4-5H,6H2,1-3H3,(H2,12,14)(H,13,15). The molecule has 5 nitrogen and oxygen atoms in total. The second-order valence-corrected chi connectivity index (χ2v) is 5.65. The lowest BCUT2D eigenvalue weighted by Gasteiger charge is -2.19. The highest BCUT2D eigenvalue weighted by atomic mass is 32.1. The molecule has 1 aromatic heterocycles. The molecule has 0 saturated carbocycles. The van der Waals surface area contributed by atoms with E-state index < -0.39 is 17.6 Å². The van der Waals surface area contributed by atoms with Crippen molar-refractivity contribution in [3.05, 3.63) is 21.9 Å². The molecule has 0 aromatic carbocycles. The van der Waals surface area contributed by atoms with Crippen molar-refractivity contribution in [1.82, 2.24) is 5.32 Å². The lowest BCUT2D eigenvalue weighted by molar-refractivity contribution is 0.0524. The van der Waals surface area contributed by atoms with E-state index in [0.717, 1.165) is 4.88 Å². The average molecular weight is 256 g/mol. The smallest absolute Gasteiger partial charge is 0.407 e. The number of carbonyl (C=O) groups excluding carboxylic acids is 2. The van der Waals surface area contributed by atoms with Gasteiger partial charge in [0.05, 0.1) is 11.4 Å². The van der Waals surface area contributed by atoms with Crippen molar-refractivity contribution in [2.45, 2.75) is 32.9 Å². The molecule has 0 atom stereocenters. The molecule has 0 radical (unpaired) electrons. The Balaban J connectivity index is 2.45. The topological polar surface area (TPSA) is 81.4 Å². The van der Waals surface area contributed by atoms with E-state index in [2.05, 4.69) is 5.32 Å². The van der Waals surface area contributed by atoms with Gasteiger partial charge in [-0.25, -0.2) is 4.79 Å². The molecule has 0 unspecified atom stereocenters. The fraction of sp³-hybridized carbons (Fsp3) is 0.455. The summed E-state index contributed by atoms with van der Waals surface area (Å²) in [5, 5.41) is 2.60. The second-order valence-electron chi connectivity index (χ2n) is 4.49. The number of carbonyl (C=O) groups is 2. The summed E-state index contributed by atoms with van der Waals surface area (Å²) in [5.41, 5.74) is 4.61. The molecule has 0 aliphatic carbocycles. The predicted molar refractivity (Wildman–Crippen MR) is 65.9 cm³/mol. The van der Waals surface area contributed by atoms with Crippen molar-refractivity contribution in [2.75, 3.05) is 0 Å². The van der Waals surface area contributed by atoms with Crippen LogP contribution in [0.2, 0.25) is 0 Å². The first-order valence-corrected chi connectivity index (χ1v) is 5.95. The largest absolute Gasteiger partial charge is 0.444 e. The van der Waals surface area contributed by atoms with Crippen molar-refractivity contribution < 1.29 is 14.3 Å². The minimum Gasteiger partial charge on any atom is -0.444 e. The number of hydrogen-bond donors (Lipinski definition) is 2. The maximum Gasteiger partial charge on any atom is 0.407 e. The van der Waals surface area contributed by atoms with Gasteiger partial charge in [0.15, 0.2) is 0 Å². The van der Waals surface area contributed by atoms with Crippen LogP contribution in [0.1, 0.15) is 35.3 Å². The Morgan fingerprint density at radius 2 is 2.06 bits per heavy atom.